The minimum Gasteiger partial charge on any atom is -0.387 e. The van der Waals surface area contributed by atoms with Crippen molar-refractivity contribution in [1.29, 1.82) is 5.41 Å². The largest absolute Gasteiger partial charge is 0.400 e. The molecular weight excluding hydrogens is 209 g/mol. The summed E-state index contributed by atoms with van der Waals surface area (Å²) in [4.78, 5) is 0. The lowest BCUT2D eigenvalue weighted by Crippen LogP contribution is -2.38. The lowest BCUT2D eigenvalue weighted by atomic mass is 10.1. The van der Waals surface area contributed by atoms with Crippen LogP contribution >= 0.6 is 0 Å². The molecule has 3 nitrogen and oxygen atoms in total. The van der Waals surface area contributed by atoms with Gasteiger partial charge < -0.3 is 10.5 Å². The Kier molecular flexibility index (Phi) is 5.64. The van der Waals surface area contributed by atoms with Gasteiger partial charge >= 0.3 is 6.18 Å². The normalized spacial score (nSPS) is 14.3. The number of ether oxygens (including phenoxy) is 1. The second-order valence-corrected chi connectivity index (χ2v) is 3.81. The highest BCUT2D eigenvalue weighted by Gasteiger charge is 2.41. The van der Waals surface area contributed by atoms with Gasteiger partial charge in [-0.3, -0.25) is 5.41 Å². The maximum Gasteiger partial charge on any atom is 0.400 e. The number of rotatable bonds is 6. The molecule has 0 amide bonds. The van der Waals surface area contributed by atoms with Gasteiger partial charge in [0.1, 0.15) is 11.8 Å². The van der Waals surface area contributed by atoms with Crippen LogP contribution in [0.5, 0.6) is 0 Å². The van der Waals surface area contributed by atoms with E-state index in [0.717, 1.165) is 0 Å². The van der Waals surface area contributed by atoms with Crippen LogP contribution < -0.4 is 5.73 Å². The van der Waals surface area contributed by atoms with Crippen LogP contribution in [0, 0.1) is 17.2 Å². The second kappa shape index (κ2) is 5.95. The molecule has 0 heterocycles. The Labute approximate surface area is 87.3 Å². The lowest BCUT2D eigenvalue weighted by molar-refractivity contribution is -0.168. The van der Waals surface area contributed by atoms with Crippen LogP contribution in [0.25, 0.3) is 0 Å². The Bertz CT molecular complexity index is 204. The molecule has 0 rings (SSSR count). The molecule has 0 aromatic rings. The third kappa shape index (κ3) is 6.33. The van der Waals surface area contributed by atoms with Crippen LogP contribution in [0.2, 0.25) is 0 Å². The summed E-state index contributed by atoms with van der Waals surface area (Å²) in [6.07, 6.45) is -3.80. The zero-order chi connectivity index (χ0) is 12.1. The van der Waals surface area contributed by atoms with Gasteiger partial charge in [-0.25, -0.2) is 0 Å². The van der Waals surface area contributed by atoms with Gasteiger partial charge in [0, 0.05) is 6.61 Å². The number of nitrogens with one attached hydrogen (secondary N) is 1. The number of hydrogen-bond donors (Lipinski definition) is 2. The molecular formula is C9H17F3N2O. The Balaban J connectivity index is 3.94. The van der Waals surface area contributed by atoms with Crippen molar-refractivity contribution in [1.82, 2.24) is 0 Å². The van der Waals surface area contributed by atoms with Gasteiger partial charge in [0.25, 0.3) is 0 Å². The number of alkyl halides is 3. The lowest BCUT2D eigenvalue weighted by Gasteiger charge is -2.18. The fraction of sp³-hybridized carbons (Fsp3) is 0.889. The van der Waals surface area contributed by atoms with E-state index in [1.165, 1.54) is 0 Å². The minimum absolute atomic E-state index is 0.261. The third-order valence-electron chi connectivity index (χ3n) is 1.89. The summed E-state index contributed by atoms with van der Waals surface area (Å²) in [5, 5.41) is 6.80. The van der Waals surface area contributed by atoms with Crippen molar-refractivity contribution >= 4 is 5.84 Å². The van der Waals surface area contributed by atoms with Crippen molar-refractivity contribution in [3.05, 3.63) is 0 Å². The molecule has 0 radical (unpaired) electrons. The zero-order valence-electron chi connectivity index (χ0n) is 8.90. The maximum absolute atomic E-state index is 12.3. The third-order valence-corrected chi connectivity index (χ3v) is 1.89. The number of hydrogen-bond acceptors (Lipinski definition) is 2. The summed E-state index contributed by atoms with van der Waals surface area (Å²) in [7, 11) is 0. The molecule has 0 aliphatic rings. The van der Waals surface area contributed by atoms with Crippen LogP contribution in [0.4, 0.5) is 13.2 Å². The highest BCUT2D eigenvalue weighted by Crippen LogP contribution is 2.26. The van der Waals surface area contributed by atoms with Gasteiger partial charge in [0.05, 0.1) is 6.61 Å². The van der Waals surface area contributed by atoms with E-state index in [9.17, 15) is 13.2 Å². The molecule has 0 aliphatic heterocycles. The molecule has 3 N–H and O–H groups in total. The highest BCUT2D eigenvalue weighted by atomic mass is 19.4. The quantitative estimate of drug-likeness (QED) is 0.414. The average Bonchev–Trinajstić information content (AvgIpc) is 1.99. The van der Waals surface area contributed by atoms with Gasteiger partial charge in [-0.05, 0) is 12.3 Å². The predicted octanol–water partition coefficient (Wildman–Crippen LogP) is 2.16. The standard InChI is InChI=1S/C9H17F3N2O/c1-6(2)3-4-15-5-7(8(13)14)9(10,11)12/h6-7H,3-5H2,1-2H3,(H3,13,14). The maximum atomic E-state index is 12.3. The van der Waals surface area contributed by atoms with E-state index in [1.807, 2.05) is 13.8 Å². The molecule has 6 heteroatoms. The van der Waals surface area contributed by atoms with Crippen LogP contribution in [-0.4, -0.2) is 25.2 Å². The minimum atomic E-state index is -4.50. The van der Waals surface area contributed by atoms with Crippen LogP contribution in [0.15, 0.2) is 0 Å². The average molecular weight is 226 g/mol. The topological polar surface area (TPSA) is 59.1 Å². The first kappa shape index (κ1) is 14.2. The van der Waals surface area contributed by atoms with E-state index in [1.54, 1.807) is 0 Å². The Hall–Kier alpha value is -0.780. The van der Waals surface area contributed by atoms with Crippen LogP contribution in [0.3, 0.4) is 0 Å². The molecule has 0 saturated heterocycles. The van der Waals surface area contributed by atoms with Gasteiger partial charge in [-0.15, -0.1) is 0 Å². The smallest absolute Gasteiger partial charge is 0.387 e. The number of amidine groups is 1. The van der Waals surface area contributed by atoms with Gasteiger partial charge in [0.2, 0.25) is 0 Å². The molecule has 1 atom stereocenters. The molecule has 0 aromatic carbocycles. The number of halogens is 3. The molecule has 0 fully saturated rings. The summed E-state index contributed by atoms with van der Waals surface area (Å²) in [6, 6.07) is 0. The van der Waals surface area contributed by atoms with E-state index < -0.39 is 24.5 Å². The van der Waals surface area contributed by atoms with Gasteiger partial charge in [0.15, 0.2) is 0 Å². The molecule has 0 spiro atoms. The highest BCUT2D eigenvalue weighted by molar-refractivity contribution is 5.80. The first-order chi connectivity index (χ1) is 6.75. The monoisotopic (exact) mass is 226 g/mol. The Morgan fingerprint density at radius 2 is 1.93 bits per heavy atom. The summed E-state index contributed by atoms with van der Waals surface area (Å²) < 4.78 is 41.6. The SMILES string of the molecule is CC(C)CCOCC(C(=N)N)C(F)(F)F. The van der Waals surface area contributed by atoms with Crippen molar-refractivity contribution in [2.45, 2.75) is 26.4 Å². The van der Waals surface area contributed by atoms with E-state index >= 15 is 0 Å². The first-order valence-corrected chi connectivity index (χ1v) is 4.73. The van der Waals surface area contributed by atoms with E-state index in [-0.39, 0.29) is 6.61 Å². The number of nitrogens with two attached hydrogens (primary N) is 1. The molecule has 0 bridgehead atoms. The first-order valence-electron chi connectivity index (χ1n) is 4.73. The van der Waals surface area contributed by atoms with Crippen molar-refractivity contribution < 1.29 is 17.9 Å². The van der Waals surface area contributed by atoms with Crippen molar-refractivity contribution in [3.8, 4) is 0 Å². The van der Waals surface area contributed by atoms with E-state index in [2.05, 4.69) is 0 Å². The molecule has 1 unspecified atom stereocenters. The van der Waals surface area contributed by atoms with Crippen LogP contribution in [-0.2, 0) is 4.74 Å². The fourth-order valence-electron chi connectivity index (χ4n) is 0.881. The summed E-state index contributed by atoms with van der Waals surface area (Å²) in [6.45, 7) is 3.61. The summed E-state index contributed by atoms with van der Waals surface area (Å²) >= 11 is 0. The molecule has 90 valence electrons. The Morgan fingerprint density at radius 1 is 1.40 bits per heavy atom. The zero-order valence-corrected chi connectivity index (χ0v) is 8.90. The van der Waals surface area contributed by atoms with Gasteiger partial charge in [-0.1, -0.05) is 13.8 Å². The van der Waals surface area contributed by atoms with E-state index in [0.29, 0.717) is 12.3 Å². The summed E-state index contributed by atoms with van der Waals surface area (Å²) in [5.74, 6) is -2.50. The van der Waals surface area contributed by atoms with Crippen LogP contribution in [0.1, 0.15) is 20.3 Å². The summed E-state index contributed by atoms with van der Waals surface area (Å²) in [5.41, 5.74) is 4.85. The molecule has 15 heavy (non-hydrogen) atoms. The van der Waals surface area contributed by atoms with Gasteiger partial charge in [-0.2, -0.15) is 13.2 Å². The predicted molar refractivity (Wildman–Crippen MR) is 51.7 cm³/mol. The fourth-order valence-corrected chi connectivity index (χ4v) is 0.881. The van der Waals surface area contributed by atoms with Crippen molar-refractivity contribution in [2.75, 3.05) is 13.2 Å². The second-order valence-electron chi connectivity index (χ2n) is 3.81. The Morgan fingerprint density at radius 3 is 2.27 bits per heavy atom. The van der Waals surface area contributed by atoms with Crippen molar-refractivity contribution in [2.24, 2.45) is 17.6 Å². The van der Waals surface area contributed by atoms with E-state index in [4.69, 9.17) is 15.9 Å². The van der Waals surface area contributed by atoms with Crippen molar-refractivity contribution in [3.63, 3.8) is 0 Å². The molecule has 0 aromatic heterocycles. The molecule has 0 aliphatic carbocycles. The molecule has 0 saturated carbocycles.